The van der Waals surface area contributed by atoms with E-state index in [1.807, 2.05) is 4.90 Å². The number of carbonyl (C=O) groups is 2. The van der Waals surface area contributed by atoms with E-state index < -0.39 is 23.9 Å². The number of amides is 2. The van der Waals surface area contributed by atoms with E-state index in [9.17, 15) is 19.1 Å². The average Bonchev–Trinajstić information content (AvgIpc) is 2.52. The lowest BCUT2D eigenvalue weighted by Crippen LogP contribution is -2.55. The molecule has 2 N–H and O–H groups in total. The first kappa shape index (κ1) is 18.6. The van der Waals surface area contributed by atoms with E-state index in [0.717, 1.165) is 0 Å². The van der Waals surface area contributed by atoms with Gasteiger partial charge in [0.05, 0.1) is 29.3 Å². The third-order valence-electron chi connectivity index (χ3n) is 4.04. The number of benzene rings is 1. The molecule has 1 aliphatic heterocycles. The lowest BCUT2D eigenvalue weighted by atomic mass is 10.0. The van der Waals surface area contributed by atoms with Gasteiger partial charge >= 0.3 is 0 Å². The third-order valence-corrected chi connectivity index (χ3v) is 4.33. The van der Waals surface area contributed by atoms with Gasteiger partial charge in [0.15, 0.2) is 5.82 Å². The SMILES string of the molecule is CN(C)C(=O)CN1CC[C@@H](NC(=O)c2cccc(Cl)c2F)[C@H](O)C1. The highest BCUT2D eigenvalue weighted by Crippen LogP contribution is 2.19. The van der Waals surface area contributed by atoms with Crippen LogP contribution in [0.15, 0.2) is 18.2 Å². The second kappa shape index (κ2) is 7.92. The molecule has 0 aromatic heterocycles. The molecule has 0 saturated carbocycles. The summed E-state index contributed by atoms with van der Waals surface area (Å²) >= 11 is 5.68. The molecule has 0 aliphatic carbocycles. The highest BCUT2D eigenvalue weighted by atomic mass is 35.5. The van der Waals surface area contributed by atoms with Crippen LogP contribution in [0.3, 0.4) is 0 Å². The fourth-order valence-corrected chi connectivity index (χ4v) is 2.74. The van der Waals surface area contributed by atoms with Crippen molar-refractivity contribution in [2.45, 2.75) is 18.6 Å². The lowest BCUT2D eigenvalue weighted by Gasteiger charge is -2.36. The minimum atomic E-state index is -0.833. The Bertz CT molecular complexity index is 627. The highest BCUT2D eigenvalue weighted by molar-refractivity contribution is 6.31. The van der Waals surface area contributed by atoms with E-state index in [1.54, 1.807) is 14.1 Å². The van der Waals surface area contributed by atoms with Gasteiger partial charge in [0.1, 0.15) is 0 Å². The number of β-amino-alcohol motifs (C(OH)–C–C–N with tert-alkyl or cyclic N) is 1. The summed E-state index contributed by atoms with van der Waals surface area (Å²) in [5.41, 5.74) is -0.153. The predicted molar refractivity (Wildman–Crippen MR) is 88.4 cm³/mol. The summed E-state index contributed by atoms with van der Waals surface area (Å²) in [4.78, 5) is 27.2. The Morgan fingerprint density at radius 1 is 1.46 bits per heavy atom. The molecule has 1 heterocycles. The summed E-state index contributed by atoms with van der Waals surface area (Å²) < 4.78 is 13.9. The number of nitrogens with zero attached hydrogens (tertiary/aromatic N) is 2. The van der Waals surface area contributed by atoms with Crippen LogP contribution < -0.4 is 5.32 Å². The van der Waals surface area contributed by atoms with Crippen LogP contribution in [-0.2, 0) is 4.79 Å². The van der Waals surface area contributed by atoms with Crippen molar-refractivity contribution >= 4 is 23.4 Å². The van der Waals surface area contributed by atoms with Crippen LogP contribution in [0.25, 0.3) is 0 Å². The first-order chi connectivity index (χ1) is 11.3. The van der Waals surface area contributed by atoms with E-state index >= 15 is 0 Å². The molecule has 8 heteroatoms. The molecule has 0 spiro atoms. The van der Waals surface area contributed by atoms with E-state index in [-0.39, 0.29) is 29.6 Å². The maximum atomic E-state index is 13.9. The maximum Gasteiger partial charge on any atom is 0.254 e. The first-order valence-corrected chi connectivity index (χ1v) is 8.03. The summed E-state index contributed by atoms with van der Waals surface area (Å²) in [5, 5.41) is 12.7. The predicted octanol–water partition coefficient (Wildman–Crippen LogP) is 0.732. The van der Waals surface area contributed by atoms with Crippen molar-refractivity contribution in [3.63, 3.8) is 0 Å². The molecule has 1 aromatic rings. The van der Waals surface area contributed by atoms with Crippen LogP contribution in [0.5, 0.6) is 0 Å². The topological polar surface area (TPSA) is 72.9 Å². The molecule has 2 amide bonds. The van der Waals surface area contributed by atoms with Gasteiger partial charge < -0.3 is 15.3 Å². The highest BCUT2D eigenvalue weighted by Gasteiger charge is 2.30. The molecule has 0 bridgehead atoms. The Hall–Kier alpha value is -1.70. The quantitative estimate of drug-likeness (QED) is 0.833. The standard InChI is InChI=1S/C16H21ClFN3O3/c1-20(2)14(23)9-21-7-6-12(13(22)8-21)19-16(24)10-4-3-5-11(17)15(10)18/h3-5,12-13,22H,6-9H2,1-2H3,(H,19,24)/t12-,13-/m1/s1. The van der Waals surface area contributed by atoms with Crippen molar-refractivity contribution in [2.24, 2.45) is 0 Å². The Kier molecular flexibility index (Phi) is 6.15. The number of likely N-dealkylation sites (tertiary alicyclic amines) is 1. The molecule has 1 saturated heterocycles. The zero-order chi connectivity index (χ0) is 17.9. The van der Waals surface area contributed by atoms with Gasteiger partial charge in [0.2, 0.25) is 5.91 Å². The number of aliphatic hydroxyl groups excluding tert-OH is 1. The van der Waals surface area contributed by atoms with Gasteiger partial charge in [-0.15, -0.1) is 0 Å². The molecular weight excluding hydrogens is 337 g/mol. The molecule has 0 radical (unpaired) electrons. The Balaban J connectivity index is 1.94. The Labute approximate surface area is 145 Å². The third kappa shape index (κ3) is 4.43. The van der Waals surface area contributed by atoms with Crippen molar-refractivity contribution in [3.8, 4) is 0 Å². The minimum Gasteiger partial charge on any atom is -0.390 e. The number of nitrogens with one attached hydrogen (secondary N) is 1. The number of hydrogen-bond donors (Lipinski definition) is 2. The van der Waals surface area contributed by atoms with Gasteiger partial charge in [-0.05, 0) is 18.6 Å². The zero-order valence-electron chi connectivity index (χ0n) is 13.6. The van der Waals surface area contributed by atoms with E-state index in [2.05, 4.69) is 5.32 Å². The molecule has 1 aliphatic rings. The van der Waals surface area contributed by atoms with Crippen LogP contribution in [0, 0.1) is 5.82 Å². The van der Waals surface area contributed by atoms with Gasteiger partial charge in [0.25, 0.3) is 5.91 Å². The van der Waals surface area contributed by atoms with Crippen LogP contribution in [0.2, 0.25) is 5.02 Å². The molecular formula is C16H21ClFN3O3. The second-order valence-electron chi connectivity index (χ2n) is 6.06. The fourth-order valence-electron chi connectivity index (χ4n) is 2.57. The van der Waals surface area contributed by atoms with E-state index in [4.69, 9.17) is 11.6 Å². The largest absolute Gasteiger partial charge is 0.390 e. The van der Waals surface area contributed by atoms with Crippen LogP contribution in [0.4, 0.5) is 4.39 Å². The van der Waals surface area contributed by atoms with Crippen LogP contribution in [0.1, 0.15) is 16.8 Å². The van der Waals surface area contributed by atoms with Crippen molar-refractivity contribution < 1.29 is 19.1 Å². The molecule has 1 fully saturated rings. The molecule has 132 valence electrons. The molecule has 6 nitrogen and oxygen atoms in total. The summed E-state index contributed by atoms with van der Waals surface area (Å²) in [6.45, 7) is 1.04. The zero-order valence-corrected chi connectivity index (χ0v) is 14.4. The maximum absolute atomic E-state index is 13.9. The van der Waals surface area contributed by atoms with E-state index in [0.29, 0.717) is 13.0 Å². The van der Waals surface area contributed by atoms with Crippen molar-refractivity contribution in [1.29, 1.82) is 0 Å². The number of aliphatic hydroxyl groups is 1. The molecule has 2 atom stereocenters. The Morgan fingerprint density at radius 2 is 2.17 bits per heavy atom. The summed E-state index contributed by atoms with van der Waals surface area (Å²) in [5.74, 6) is -1.44. The van der Waals surface area contributed by atoms with Crippen molar-refractivity contribution in [3.05, 3.63) is 34.6 Å². The van der Waals surface area contributed by atoms with Gasteiger partial charge in [-0.2, -0.15) is 0 Å². The molecule has 24 heavy (non-hydrogen) atoms. The fraction of sp³-hybridized carbons (Fsp3) is 0.500. The van der Waals surface area contributed by atoms with Crippen LogP contribution >= 0.6 is 11.6 Å². The van der Waals surface area contributed by atoms with Crippen LogP contribution in [-0.4, -0.2) is 72.6 Å². The lowest BCUT2D eigenvalue weighted by molar-refractivity contribution is -0.130. The monoisotopic (exact) mass is 357 g/mol. The first-order valence-electron chi connectivity index (χ1n) is 7.65. The van der Waals surface area contributed by atoms with Crippen molar-refractivity contribution in [2.75, 3.05) is 33.7 Å². The van der Waals surface area contributed by atoms with Gasteiger partial charge in [-0.1, -0.05) is 17.7 Å². The number of hydrogen-bond acceptors (Lipinski definition) is 4. The number of rotatable bonds is 4. The summed E-state index contributed by atoms with van der Waals surface area (Å²) in [6, 6.07) is 3.70. The number of piperidine rings is 1. The molecule has 1 aromatic carbocycles. The van der Waals surface area contributed by atoms with Gasteiger partial charge in [0, 0.05) is 27.2 Å². The summed E-state index contributed by atoms with van der Waals surface area (Å²) in [7, 11) is 3.34. The van der Waals surface area contributed by atoms with Crippen molar-refractivity contribution in [1.82, 2.24) is 15.1 Å². The smallest absolute Gasteiger partial charge is 0.254 e. The number of halogens is 2. The van der Waals surface area contributed by atoms with Gasteiger partial charge in [-0.3, -0.25) is 14.5 Å². The number of carbonyl (C=O) groups excluding carboxylic acids is 2. The minimum absolute atomic E-state index is 0.0503. The normalized spacial score (nSPS) is 21.4. The molecule has 2 rings (SSSR count). The Morgan fingerprint density at radius 3 is 2.79 bits per heavy atom. The molecule has 0 unspecified atom stereocenters. The average molecular weight is 358 g/mol. The van der Waals surface area contributed by atoms with Gasteiger partial charge in [-0.25, -0.2) is 4.39 Å². The second-order valence-corrected chi connectivity index (χ2v) is 6.47. The van der Waals surface area contributed by atoms with E-state index in [1.165, 1.54) is 23.1 Å². The number of likely N-dealkylation sites (N-methyl/N-ethyl adjacent to an activating group) is 1. The summed E-state index contributed by atoms with van der Waals surface area (Å²) in [6.07, 6.45) is -0.365.